The number of aliphatic hydroxyl groups is 3. The van der Waals surface area contributed by atoms with Gasteiger partial charge in [-0.05, 0) is 6.07 Å². The monoisotopic (exact) mass is 330 g/mol. The average Bonchev–Trinajstić information content (AvgIpc) is 2.96. The summed E-state index contributed by atoms with van der Waals surface area (Å²) in [7, 11) is 0. The van der Waals surface area contributed by atoms with E-state index in [1.54, 1.807) is 12.3 Å². The molecular formula is C12H15ClN4O3S. The second-order valence-electron chi connectivity index (χ2n) is 4.95. The van der Waals surface area contributed by atoms with Crippen molar-refractivity contribution in [2.24, 2.45) is 0 Å². The van der Waals surface area contributed by atoms with Crippen LogP contribution in [0.5, 0.6) is 0 Å². The van der Waals surface area contributed by atoms with Gasteiger partial charge in [-0.3, -0.25) is 0 Å². The second kappa shape index (κ2) is 5.62. The minimum Gasteiger partial charge on any atom is -0.395 e. The molecule has 0 spiro atoms. The van der Waals surface area contributed by atoms with Crippen LogP contribution in [0.4, 0.5) is 5.95 Å². The van der Waals surface area contributed by atoms with Gasteiger partial charge in [-0.2, -0.15) is 4.98 Å². The highest BCUT2D eigenvalue weighted by Crippen LogP contribution is 2.36. The highest BCUT2D eigenvalue weighted by Gasteiger charge is 2.41. The zero-order chi connectivity index (χ0) is 15.1. The van der Waals surface area contributed by atoms with E-state index in [0.717, 1.165) is 0 Å². The maximum Gasteiger partial charge on any atom is 0.223 e. The lowest BCUT2D eigenvalue weighted by atomic mass is 10.1. The van der Waals surface area contributed by atoms with E-state index in [0.29, 0.717) is 17.6 Å². The zero-order valence-corrected chi connectivity index (χ0v) is 12.5. The van der Waals surface area contributed by atoms with Crippen molar-refractivity contribution in [1.29, 1.82) is 0 Å². The van der Waals surface area contributed by atoms with Crippen molar-refractivity contribution in [3.05, 3.63) is 17.4 Å². The molecule has 4 atom stereocenters. The van der Waals surface area contributed by atoms with Gasteiger partial charge in [0.1, 0.15) is 10.8 Å². The molecule has 9 heteroatoms. The quantitative estimate of drug-likeness (QED) is 0.579. The third-order valence-corrected chi connectivity index (χ3v) is 5.45. The predicted octanol–water partition coefficient (Wildman–Crippen LogP) is -0.135. The van der Waals surface area contributed by atoms with Gasteiger partial charge in [-0.1, -0.05) is 11.6 Å². The molecule has 2 aromatic rings. The largest absolute Gasteiger partial charge is 0.395 e. The van der Waals surface area contributed by atoms with Gasteiger partial charge in [0.25, 0.3) is 0 Å². The van der Waals surface area contributed by atoms with E-state index in [2.05, 4.69) is 9.97 Å². The lowest BCUT2D eigenvalue weighted by Gasteiger charge is -2.16. The number of fused-ring (bicyclic) bond motifs is 1. The first kappa shape index (κ1) is 14.9. The van der Waals surface area contributed by atoms with Crippen molar-refractivity contribution < 1.29 is 15.3 Å². The molecule has 5 N–H and O–H groups in total. The van der Waals surface area contributed by atoms with Gasteiger partial charge >= 0.3 is 0 Å². The van der Waals surface area contributed by atoms with Gasteiger partial charge in [0.05, 0.1) is 34.7 Å². The third kappa shape index (κ3) is 2.58. The van der Waals surface area contributed by atoms with Crippen LogP contribution in [-0.2, 0) is 6.54 Å². The summed E-state index contributed by atoms with van der Waals surface area (Å²) in [5.74, 6) is 0.0837. The number of thioether (sulfide) groups is 1. The summed E-state index contributed by atoms with van der Waals surface area (Å²) in [4.78, 5) is 8.05. The van der Waals surface area contributed by atoms with Crippen molar-refractivity contribution >= 4 is 40.3 Å². The van der Waals surface area contributed by atoms with Gasteiger partial charge in [0, 0.05) is 12.7 Å². The highest BCUT2D eigenvalue weighted by molar-refractivity contribution is 8.00. The molecule has 0 saturated carbocycles. The number of nitrogens with two attached hydrogens (primary N) is 1. The molecule has 1 saturated heterocycles. The van der Waals surface area contributed by atoms with Gasteiger partial charge < -0.3 is 25.6 Å². The minimum absolute atomic E-state index is 0.0837. The fourth-order valence-electron chi connectivity index (χ4n) is 2.51. The Labute approximate surface area is 129 Å². The Bertz CT molecular complexity index is 667. The van der Waals surface area contributed by atoms with Crippen molar-refractivity contribution in [1.82, 2.24) is 14.5 Å². The van der Waals surface area contributed by atoms with Crippen LogP contribution >= 0.6 is 23.4 Å². The molecule has 3 rings (SSSR count). The van der Waals surface area contributed by atoms with Crippen molar-refractivity contribution in [2.45, 2.75) is 29.3 Å². The Morgan fingerprint density at radius 3 is 2.67 bits per heavy atom. The number of aliphatic hydroxyl groups excluding tert-OH is 3. The summed E-state index contributed by atoms with van der Waals surface area (Å²) >= 11 is 7.38. The maximum absolute atomic E-state index is 10.1. The predicted molar refractivity (Wildman–Crippen MR) is 81.2 cm³/mol. The molecule has 0 aromatic carbocycles. The standard InChI is InChI=1S/C12H15ClN4O3S/c13-10-5-1-2-17(11(5)16-12(14)15-10)3-6-8(19)9(20)7(4-18)21-6/h1-2,6-9,18-20H,3-4H2,(H2,14,15,16)/t6-,7+,8+,9+/m0/s1. The summed E-state index contributed by atoms with van der Waals surface area (Å²) in [6.07, 6.45) is -0.0503. The highest BCUT2D eigenvalue weighted by atomic mass is 35.5. The number of anilines is 1. The lowest BCUT2D eigenvalue weighted by molar-refractivity contribution is 0.0183. The molecule has 1 fully saturated rings. The van der Waals surface area contributed by atoms with Gasteiger partial charge in [-0.25, -0.2) is 4.98 Å². The molecule has 0 aliphatic carbocycles. The number of nitrogens with zero attached hydrogens (tertiary/aromatic N) is 3. The van der Waals surface area contributed by atoms with Crippen LogP contribution < -0.4 is 5.73 Å². The van der Waals surface area contributed by atoms with Gasteiger partial charge in [0.15, 0.2) is 0 Å². The molecule has 1 aliphatic rings. The van der Waals surface area contributed by atoms with Crippen LogP contribution in [0.15, 0.2) is 12.3 Å². The van der Waals surface area contributed by atoms with E-state index in [4.69, 9.17) is 17.3 Å². The Morgan fingerprint density at radius 2 is 2.00 bits per heavy atom. The Hall–Kier alpha value is -1.06. The van der Waals surface area contributed by atoms with Crippen LogP contribution in [0.25, 0.3) is 11.0 Å². The molecular weight excluding hydrogens is 316 g/mol. The third-order valence-electron chi connectivity index (χ3n) is 3.61. The molecule has 1 aliphatic heterocycles. The number of rotatable bonds is 3. The fourth-order valence-corrected chi connectivity index (χ4v) is 4.17. The number of hydrogen-bond donors (Lipinski definition) is 4. The first-order valence-electron chi connectivity index (χ1n) is 6.41. The maximum atomic E-state index is 10.1. The fraction of sp³-hybridized carbons (Fsp3) is 0.500. The van der Waals surface area contributed by atoms with E-state index in [1.807, 2.05) is 4.57 Å². The molecule has 2 aromatic heterocycles. The van der Waals surface area contributed by atoms with Gasteiger partial charge in [0.2, 0.25) is 5.95 Å². The van der Waals surface area contributed by atoms with Crippen molar-refractivity contribution in [3.63, 3.8) is 0 Å². The van der Waals surface area contributed by atoms with E-state index in [1.165, 1.54) is 11.8 Å². The van der Waals surface area contributed by atoms with E-state index in [9.17, 15) is 15.3 Å². The molecule has 7 nitrogen and oxygen atoms in total. The SMILES string of the molecule is Nc1nc(Cl)c2ccn(C[C@@H]3S[C@H](CO)[C@@H](O)[C@@H]3O)c2n1. The van der Waals surface area contributed by atoms with Crippen LogP contribution in [0, 0.1) is 0 Å². The molecule has 21 heavy (non-hydrogen) atoms. The van der Waals surface area contributed by atoms with Crippen LogP contribution in [-0.4, -0.2) is 59.2 Å². The van der Waals surface area contributed by atoms with E-state index >= 15 is 0 Å². The summed E-state index contributed by atoms with van der Waals surface area (Å²) in [5, 5.41) is 29.4. The van der Waals surface area contributed by atoms with Crippen molar-refractivity contribution in [2.75, 3.05) is 12.3 Å². The number of aromatic nitrogens is 3. The van der Waals surface area contributed by atoms with E-state index < -0.39 is 12.2 Å². The van der Waals surface area contributed by atoms with Crippen molar-refractivity contribution in [3.8, 4) is 0 Å². The molecule has 114 valence electrons. The Kier molecular flexibility index (Phi) is 3.98. The lowest BCUT2D eigenvalue weighted by Crippen LogP contribution is -2.35. The zero-order valence-electron chi connectivity index (χ0n) is 10.9. The summed E-state index contributed by atoms with van der Waals surface area (Å²) in [5.41, 5.74) is 6.19. The normalized spacial score (nSPS) is 29.3. The summed E-state index contributed by atoms with van der Waals surface area (Å²) in [6, 6.07) is 1.78. The number of nitrogen functional groups attached to an aromatic ring is 1. The number of halogens is 1. The summed E-state index contributed by atoms with van der Waals surface area (Å²) in [6.45, 7) is 0.252. The first-order valence-corrected chi connectivity index (χ1v) is 7.73. The number of hydrogen-bond acceptors (Lipinski definition) is 7. The first-order chi connectivity index (χ1) is 10.0. The van der Waals surface area contributed by atoms with Crippen LogP contribution in [0.3, 0.4) is 0 Å². The molecule has 0 bridgehead atoms. The molecule has 3 heterocycles. The van der Waals surface area contributed by atoms with Crippen LogP contribution in [0.2, 0.25) is 5.15 Å². The summed E-state index contributed by atoms with van der Waals surface area (Å²) < 4.78 is 1.81. The van der Waals surface area contributed by atoms with Crippen LogP contribution in [0.1, 0.15) is 0 Å². The minimum atomic E-state index is -0.935. The smallest absolute Gasteiger partial charge is 0.223 e. The molecule has 0 radical (unpaired) electrons. The molecule has 0 unspecified atom stereocenters. The van der Waals surface area contributed by atoms with Gasteiger partial charge in [-0.15, -0.1) is 11.8 Å². The Balaban J connectivity index is 1.89. The molecule has 0 amide bonds. The topological polar surface area (TPSA) is 117 Å². The Morgan fingerprint density at radius 1 is 1.29 bits per heavy atom. The van der Waals surface area contributed by atoms with E-state index in [-0.39, 0.29) is 28.2 Å². The second-order valence-corrected chi connectivity index (χ2v) is 6.80. The average molecular weight is 331 g/mol.